The Bertz CT molecular complexity index is 611. The van der Waals surface area contributed by atoms with Crippen LogP contribution in [0.15, 0.2) is 30.4 Å². The Kier molecular flexibility index (Phi) is 5.62. The van der Waals surface area contributed by atoms with Gasteiger partial charge in [0.05, 0.1) is 25.6 Å². The number of anilines is 1. The molecule has 0 heterocycles. The second-order valence-electron chi connectivity index (χ2n) is 5.28. The van der Waals surface area contributed by atoms with Crippen molar-refractivity contribution in [1.29, 1.82) is 0 Å². The second-order valence-corrected chi connectivity index (χ2v) is 5.28. The highest BCUT2D eigenvalue weighted by Crippen LogP contribution is 2.32. The molecule has 0 saturated heterocycles. The van der Waals surface area contributed by atoms with E-state index in [1.807, 2.05) is 19.1 Å². The number of carbonyl (C=O) groups is 2. The third-order valence-electron chi connectivity index (χ3n) is 3.82. The zero-order valence-electron chi connectivity index (χ0n) is 13.2. The molecule has 0 unspecified atom stereocenters. The SMILES string of the molecule is CCOc1cc(NC(=O)[C@H]2CC=CC[C@@H]2C(=O)O)ccc1OC. The highest BCUT2D eigenvalue weighted by atomic mass is 16.5. The fraction of sp³-hybridized carbons (Fsp3) is 0.412. The maximum absolute atomic E-state index is 12.4. The van der Waals surface area contributed by atoms with E-state index < -0.39 is 17.8 Å². The molecule has 124 valence electrons. The van der Waals surface area contributed by atoms with E-state index in [9.17, 15) is 14.7 Å². The van der Waals surface area contributed by atoms with Crippen LogP contribution in [0.25, 0.3) is 0 Å². The highest BCUT2D eigenvalue weighted by Gasteiger charge is 2.34. The molecule has 1 amide bonds. The van der Waals surface area contributed by atoms with Gasteiger partial charge in [0, 0.05) is 11.8 Å². The third-order valence-corrected chi connectivity index (χ3v) is 3.82. The van der Waals surface area contributed by atoms with Gasteiger partial charge >= 0.3 is 5.97 Å². The average molecular weight is 319 g/mol. The Morgan fingerprint density at radius 3 is 2.52 bits per heavy atom. The van der Waals surface area contributed by atoms with Crippen molar-refractivity contribution in [1.82, 2.24) is 0 Å². The Labute approximate surface area is 135 Å². The van der Waals surface area contributed by atoms with Gasteiger partial charge in [-0.25, -0.2) is 0 Å². The summed E-state index contributed by atoms with van der Waals surface area (Å²) in [4.78, 5) is 23.7. The van der Waals surface area contributed by atoms with Gasteiger partial charge in [0.1, 0.15) is 0 Å². The molecule has 0 fully saturated rings. The molecule has 1 aliphatic carbocycles. The van der Waals surface area contributed by atoms with Crippen LogP contribution in [0.5, 0.6) is 11.5 Å². The van der Waals surface area contributed by atoms with Gasteiger partial charge in [-0.2, -0.15) is 0 Å². The molecule has 0 aliphatic heterocycles. The Morgan fingerprint density at radius 1 is 1.22 bits per heavy atom. The van der Waals surface area contributed by atoms with Gasteiger partial charge in [-0.05, 0) is 31.9 Å². The van der Waals surface area contributed by atoms with Crippen molar-refractivity contribution in [3.05, 3.63) is 30.4 Å². The molecule has 6 heteroatoms. The molecule has 23 heavy (non-hydrogen) atoms. The molecule has 1 aromatic carbocycles. The van der Waals surface area contributed by atoms with Crippen LogP contribution in [-0.2, 0) is 9.59 Å². The van der Waals surface area contributed by atoms with Gasteiger partial charge < -0.3 is 19.9 Å². The summed E-state index contributed by atoms with van der Waals surface area (Å²) in [5.41, 5.74) is 0.554. The first-order chi connectivity index (χ1) is 11.1. The lowest BCUT2D eigenvalue weighted by atomic mass is 9.82. The zero-order chi connectivity index (χ0) is 16.8. The first kappa shape index (κ1) is 16.9. The van der Waals surface area contributed by atoms with E-state index >= 15 is 0 Å². The van der Waals surface area contributed by atoms with Crippen LogP contribution in [0.1, 0.15) is 19.8 Å². The van der Waals surface area contributed by atoms with Crippen molar-refractivity contribution in [3.63, 3.8) is 0 Å². The number of rotatable bonds is 6. The molecule has 0 saturated carbocycles. The monoisotopic (exact) mass is 319 g/mol. The molecule has 2 atom stereocenters. The molecular weight excluding hydrogens is 298 g/mol. The quantitative estimate of drug-likeness (QED) is 0.788. The number of carboxylic acid groups (broad SMARTS) is 1. The minimum absolute atomic E-state index is 0.297. The summed E-state index contributed by atoms with van der Waals surface area (Å²) in [5.74, 6) is -1.40. The van der Waals surface area contributed by atoms with E-state index in [-0.39, 0.29) is 5.91 Å². The van der Waals surface area contributed by atoms with Crippen molar-refractivity contribution in [2.24, 2.45) is 11.8 Å². The molecule has 1 aliphatic rings. The Hall–Kier alpha value is -2.50. The minimum atomic E-state index is -0.945. The van der Waals surface area contributed by atoms with Crippen LogP contribution in [-0.4, -0.2) is 30.7 Å². The van der Waals surface area contributed by atoms with Crippen LogP contribution in [0.3, 0.4) is 0 Å². The van der Waals surface area contributed by atoms with E-state index in [0.717, 1.165) is 0 Å². The molecule has 2 rings (SSSR count). The van der Waals surface area contributed by atoms with Crippen LogP contribution < -0.4 is 14.8 Å². The maximum atomic E-state index is 12.4. The lowest BCUT2D eigenvalue weighted by Crippen LogP contribution is -2.34. The number of hydrogen-bond acceptors (Lipinski definition) is 4. The maximum Gasteiger partial charge on any atom is 0.307 e. The number of nitrogens with one attached hydrogen (secondary N) is 1. The number of amides is 1. The number of ether oxygens (including phenoxy) is 2. The van der Waals surface area contributed by atoms with Crippen molar-refractivity contribution in [2.45, 2.75) is 19.8 Å². The summed E-state index contributed by atoms with van der Waals surface area (Å²) in [7, 11) is 1.54. The minimum Gasteiger partial charge on any atom is -0.493 e. The Balaban J connectivity index is 2.14. The lowest BCUT2D eigenvalue weighted by Gasteiger charge is -2.24. The van der Waals surface area contributed by atoms with Gasteiger partial charge in [-0.3, -0.25) is 9.59 Å². The summed E-state index contributed by atoms with van der Waals surface area (Å²) in [6, 6.07) is 5.08. The van der Waals surface area contributed by atoms with E-state index in [1.54, 1.807) is 25.3 Å². The van der Waals surface area contributed by atoms with Crippen LogP contribution in [0.2, 0.25) is 0 Å². The topological polar surface area (TPSA) is 84.9 Å². The summed E-state index contributed by atoms with van der Waals surface area (Å²) >= 11 is 0. The van der Waals surface area contributed by atoms with Crippen molar-refractivity contribution >= 4 is 17.6 Å². The highest BCUT2D eigenvalue weighted by molar-refractivity contribution is 5.95. The van der Waals surface area contributed by atoms with Crippen molar-refractivity contribution < 1.29 is 24.2 Å². The lowest BCUT2D eigenvalue weighted by molar-refractivity contribution is -0.146. The molecule has 2 N–H and O–H groups in total. The molecule has 6 nitrogen and oxygen atoms in total. The molecule has 0 radical (unpaired) electrons. The van der Waals surface area contributed by atoms with Crippen LogP contribution in [0, 0.1) is 11.8 Å². The van der Waals surface area contributed by atoms with Gasteiger partial charge in [-0.1, -0.05) is 12.2 Å². The van der Waals surface area contributed by atoms with Gasteiger partial charge in [0.25, 0.3) is 0 Å². The van der Waals surface area contributed by atoms with Crippen molar-refractivity contribution in [2.75, 3.05) is 19.0 Å². The van der Waals surface area contributed by atoms with E-state index in [0.29, 0.717) is 36.6 Å². The number of hydrogen-bond donors (Lipinski definition) is 2. The van der Waals surface area contributed by atoms with E-state index in [1.165, 1.54) is 0 Å². The summed E-state index contributed by atoms with van der Waals surface area (Å²) in [6.45, 7) is 2.33. The second kappa shape index (κ2) is 7.67. The summed E-state index contributed by atoms with van der Waals surface area (Å²) < 4.78 is 10.7. The van der Waals surface area contributed by atoms with Gasteiger partial charge in [-0.15, -0.1) is 0 Å². The third kappa shape index (κ3) is 4.03. The molecule has 0 spiro atoms. The normalized spacial score (nSPS) is 19.9. The smallest absolute Gasteiger partial charge is 0.307 e. The predicted octanol–water partition coefficient (Wildman–Crippen LogP) is 2.70. The van der Waals surface area contributed by atoms with Crippen molar-refractivity contribution in [3.8, 4) is 11.5 Å². The predicted molar refractivity (Wildman–Crippen MR) is 85.8 cm³/mol. The first-order valence-electron chi connectivity index (χ1n) is 7.56. The first-order valence-corrected chi connectivity index (χ1v) is 7.56. The molecule has 0 aromatic heterocycles. The fourth-order valence-corrected chi connectivity index (χ4v) is 2.63. The van der Waals surface area contributed by atoms with Crippen LogP contribution >= 0.6 is 0 Å². The number of aliphatic carboxylic acids is 1. The number of benzene rings is 1. The summed E-state index contributed by atoms with van der Waals surface area (Å²) in [6.07, 6.45) is 4.46. The number of allylic oxidation sites excluding steroid dienone is 2. The van der Waals surface area contributed by atoms with Crippen LogP contribution in [0.4, 0.5) is 5.69 Å². The van der Waals surface area contributed by atoms with Gasteiger partial charge in [0.2, 0.25) is 5.91 Å². The largest absolute Gasteiger partial charge is 0.493 e. The molecule has 0 bridgehead atoms. The standard InChI is InChI=1S/C17H21NO5/c1-3-23-15-10-11(8-9-14(15)22-2)18-16(19)12-6-4-5-7-13(12)17(20)21/h4-5,8-10,12-13H,3,6-7H2,1-2H3,(H,18,19)(H,20,21)/t12-,13-/m0/s1. The molecule has 1 aromatic rings. The number of carbonyl (C=O) groups excluding carboxylic acids is 1. The average Bonchev–Trinajstić information content (AvgIpc) is 2.55. The zero-order valence-corrected chi connectivity index (χ0v) is 13.2. The number of carboxylic acids is 1. The fourth-order valence-electron chi connectivity index (χ4n) is 2.63. The molecular formula is C17H21NO5. The van der Waals surface area contributed by atoms with Gasteiger partial charge in [0.15, 0.2) is 11.5 Å². The van der Waals surface area contributed by atoms with E-state index in [2.05, 4.69) is 5.32 Å². The number of methoxy groups -OCH3 is 1. The van der Waals surface area contributed by atoms with E-state index in [4.69, 9.17) is 9.47 Å². The summed E-state index contributed by atoms with van der Waals surface area (Å²) in [5, 5.41) is 12.0. The Morgan fingerprint density at radius 2 is 1.91 bits per heavy atom.